The third kappa shape index (κ3) is 3.06. The van der Waals surface area contributed by atoms with Gasteiger partial charge in [0.05, 0.1) is 10.6 Å². The largest absolute Gasteiger partial charge is 0.364 e. The molecule has 1 aromatic carbocycles. The van der Waals surface area contributed by atoms with Crippen LogP contribution in [0.25, 0.3) is 0 Å². The fourth-order valence-corrected chi connectivity index (χ4v) is 1.68. The van der Waals surface area contributed by atoms with E-state index in [1.807, 2.05) is 0 Å². The number of nitro benzene ring substituents is 1. The summed E-state index contributed by atoms with van der Waals surface area (Å²) in [7, 11) is 0. The summed E-state index contributed by atoms with van der Waals surface area (Å²) in [5, 5.41) is 18.0. The van der Waals surface area contributed by atoms with Crippen LogP contribution >= 0.6 is 11.6 Å². The number of rotatable bonds is 5. The molecule has 1 N–H and O–H groups in total. The van der Waals surface area contributed by atoms with Gasteiger partial charge in [-0.15, -0.1) is 0 Å². The molecule has 6 nitrogen and oxygen atoms in total. The maximum Gasteiger partial charge on any atom is 0.275 e. The Morgan fingerprint density at radius 1 is 1.39 bits per heavy atom. The van der Waals surface area contributed by atoms with Gasteiger partial charge in [-0.1, -0.05) is 16.8 Å². The summed E-state index contributed by atoms with van der Waals surface area (Å²) in [6, 6.07) is 6.33. The van der Waals surface area contributed by atoms with Crippen molar-refractivity contribution in [3.05, 3.63) is 56.9 Å². The third-order valence-corrected chi connectivity index (χ3v) is 2.59. The Balaban J connectivity index is 2.02. The minimum Gasteiger partial charge on any atom is -0.364 e. The Bertz CT molecular complexity index is 542. The van der Waals surface area contributed by atoms with Crippen molar-refractivity contribution in [3.8, 4) is 0 Å². The number of nitro groups is 1. The Morgan fingerprint density at radius 3 is 2.89 bits per heavy atom. The van der Waals surface area contributed by atoms with Crippen molar-refractivity contribution in [1.29, 1.82) is 0 Å². The first-order chi connectivity index (χ1) is 8.66. The van der Waals surface area contributed by atoms with Gasteiger partial charge in [0, 0.05) is 35.8 Å². The van der Waals surface area contributed by atoms with Crippen molar-refractivity contribution >= 4 is 17.3 Å². The molecule has 94 valence electrons. The van der Waals surface area contributed by atoms with E-state index >= 15 is 0 Å². The monoisotopic (exact) mass is 267 g/mol. The number of nitrogens with one attached hydrogen (secondary N) is 1. The first kappa shape index (κ1) is 12.5. The third-order valence-electron chi connectivity index (χ3n) is 2.36. The molecule has 0 saturated heterocycles. The Kier molecular flexibility index (Phi) is 3.91. The number of halogens is 1. The average molecular weight is 268 g/mol. The van der Waals surface area contributed by atoms with Crippen LogP contribution in [0.15, 0.2) is 35.1 Å². The molecule has 1 aromatic heterocycles. The summed E-state index contributed by atoms with van der Waals surface area (Å²) in [4.78, 5) is 10.4. The number of hydrogen-bond donors (Lipinski definition) is 1. The van der Waals surface area contributed by atoms with E-state index in [-0.39, 0.29) is 5.69 Å². The van der Waals surface area contributed by atoms with Crippen molar-refractivity contribution in [2.75, 3.05) is 0 Å². The molecule has 0 saturated carbocycles. The van der Waals surface area contributed by atoms with Crippen LogP contribution in [0.4, 0.5) is 5.69 Å². The average Bonchev–Trinajstić information content (AvgIpc) is 2.84. The maximum absolute atomic E-state index is 10.9. The predicted octanol–water partition coefficient (Wildman–Crippen LogP) is 2.53. The highest BCUT2D eigenvalue weighted by Gasteiger charge is 2.13. The lowest BCUT2D eigenvalue weighted by Gasteiger charge is -2.04. The quantitative estimate of drug-likeness (QED) is 0.665. The highest BCUT2D eigenvalue weighted by atomic mass is 35.5. The van der Waals surface area contributed by atoms with E-state index in [4.69, 9.17) is 11.6 Å². The van der Waals surface area contributed by atoms with Crippen LogP contribution in [-0.4, -0.2) is 10.1 Å². The number of nitrogens with zero attached hydrogens (tertiary/aromatic N) is 2. The second kappa shape index (κ2) is 5.61. The molecule has 0 radical (unpaired) electrons. The maximum atomic E-state index is 10.9. The molecule has 0 bridgehead atoms. The van der Waals surface area contributed by atoms with Gasteiger partial charge in [0.25, 0.3) is 5.69 Å². The fraction of sp³-hybridized carbons (Fsp3) is 0.182. The summed E-state index contributed by atoms with van der Waals surface area (Å²) in [6.45, 7) is 0.844. The number of aromatic nitrogens is 1. The second-order valence-electron chi connectivity index (χ2n) is 3.62. The molecule has 1 heterocycles. The standard InChI is InChI=1S/C11H10ClN3O3/c12-9-2-1-8(11(5-9)15(16)17)6-13-7-10-3-4-18-14-10/h1-5,13H,6-7H2. The van der Waals surface area contributed by atoms with Gasteiger partial charge in [-0.2, -0.15) is 0 Å². The van der Waals surface area contributed by atoms with Gasteiger partial charge in [-0.05, 0) is 12.1 Å². The minimum atomic E-state index is -0.445. The van der Waals surface area contributed by atoms with Crippen molar-refractivity contribution < 1.29 is 9.45 Å². The first-order valence-electron chi connectivity index (χ1n) is 5.19. The van der Waals surface area contributed by atoms with Crippen molar-refractivity contribution in [3.63, 3.8) is 0 Å². The highest BCUT2D eigenvalue weighted by molar-refractivity contribution is 6.30. The summed E-state index contributed by atoms with van der Waals surface area (Å²) >= 11 is 5.73. The van der Waals surface area contributed by atoms with Crippen LogP contribution < -0.4 is 5.32 Å². The zero-order valence-electron chi connectivity index (χ0n) is 9.30. The molecule has 0 aliphatic carbocycles. The smallest absolute Gasteiger partial charge is 0.275 e. The normalized spacial score (nSPS) is 10.5. The molecular formula is C11H10ClN3O3. The van der Waals surface area contributed by atoms with Gasteiger partial charge < -0.3 is 9.84 Å². The molecule has 18 heavy (non-hydrogen) atoms. The topological polar surface area (TPSA) is 81.2 Å². The molecule has 0 amide bonds. The number of benzene rings is 1. The molecule has 0 atom stereocenters. The molecule has 2 aromatic rings. The predicted molar refractivity (Wildman–Crippen MR) is 65.2 cm³/mol. The minimum absolute atomic E-state index is 0.00940. The summed E-state index contributed by atoms with van der Waals surface area (Å²) in [6.07, 6.45) is 1.47. The summed E-state index contributed by atoms with van der Waals surface area (Å²) in [5.74, 6) is 0. The van der Waals surface area contributed by atoms with Crippen LogP contribution in [0, 0.1) is 10.1 Å². The van der Waals surface area contributed by atoms with Crippen LogP contribution in [0.2, 0.25) is 5.02 Å². The second-order valence-corrected chi connectivity index (χ2v) is 4.06. The fourth-order valence-electron chi connectivity index (χ4n) is 1.51. The van der Waals surface area contributed by atoms with Crippen molar-refractivity contribution in [2.45, 2.75) is 13.1 Å². The van der Waals surface area contributed by atoms with Gasteiger partial charge in [0.1, 0.15) is 6.26 Å². The zero-order valence-corrected chi connectivity index (χ0v) is 10.1. The van der Waals surface area contributed by atoms with Crippen molar-refractivity contribution in [2.24, 2.45) is 0 Å². The molecule has 7 heteroatoms. The van der Waals surface area contributed by atoms with Crippen LogP contribution in [0.1, 0.15) is 11.3 Å². The molecule has 0 fully saturated rings. The zero-order chi connectivity index (χ0) is 13.0. The van der Waals surface area contributed by atoms with Crippen molar-refractivity contribution in [1.82, 2.24) is 10.5 Å². The Hall–Kier alpha value is -1.92. The van der Waals surface area contributed by atoms with Gasteiger partial charge in [-0.25, -0.2) is 0 Å². The van der Waals surface area contributed by atoms with Gasteiger partial charge in [-0.3, -0.25) is 10.1 Å². The first-order valence-corrected chi connectivity index (χ1v) is 5.57. The molecule has 0 aliphatic heterocycles. The molecule has 0 aliphatic rings. The van der Waals surface area contributed by atoms with E-state index in [2.05, 4.69) is 15.0 Å². The van der Waals surface area contributed by atoms with Crippen LogP contribution in [0.5, 0.6) is 0 Å². The van der Waals surface area contributed by atoms with Crippen LogP contribution in [-0.2, 0) is 13.1 Å². The molecular weight excluding hydrogens is 258 g/mol. The van der Waals surface area contributed by atoms with E-state index in [9.17, 15) is 10.1 Å². The van der Waals surface area contributed by atoms with Crippen LogP contribution in [0.3, 0.4) is 0 Å². The SMILES string of the molecule is O=[N+]([O-])c1cc(Cl)ccc1CNCc1ccon1. The Morgan fingerprint density at radius 2 is 2.22 bits per heavy atom. The van der Waals surface area contributed by atoms with Gasteiger partial charge >= 0.3 is 0 Å². The van der Waals surface area contributed by atoms with E-state index in [1.54, 1.807) is 18.2 Å². The summed E-state index contributed by atoms with van der Waals surface area (Å²) in [5.41, 5.74) is 1.33. The highest BCUT2D eigenvalue weighted by Crippen LogP contribution is 2.23. The summed E-state index contributed by atoms with van der Waals surface area (Å²) < 4.78 is 4.68. The lowest BCUT2D eigenvalue weighted by Crippen LogP contribution is -2.14. The van der Waals surface area contributed by atoms with Gasteiger partial charge in [0.2, 0.25) is 0 Å². The van der Waals surface area contributed by atoms with E-state index in [0.717, 1.165) is 5.69 Å². The number of hydrogen-bond acceptors (Lipinski definition) is 5. The van der Waals surface area contributed by atoms with E-state index in [0.29, 0.717) is 23.7 Å². The molecule has 0 unspecified atom stereocenters. The lowest BCUT2D eigenvalue weighted by atomic mass is 10.2. The lowest BCUT2D eigenvalue weighted by molar-refractivity contribution is -0.385. The molecule has 0 spiro atoms. The van der Waals surface area contributed by atoms with E-state index in [1.165, 1.54) is 12.3 Å². The van der Waals surface area contributed by atoms with Gasteiger partial charge in [0.15, 0.2) is 0 Å². The molecule has 2 rings (SSSR count). The Labute approximate surface area is 108 Å². The van der Waals surface area contributed by atoms with E-state index < -0.39 is 4.92 Å².